The SMILES string of the molecule is CC1(C(=O)NC2CCCCCC2)Cn2c(cc3sccc32)C(=O)N1CC1CCCO1. The number of rotatable bonds is 4. The molecule has 0 aromatic carbocycles. The largest absolute Gasteiger partial charge is 0.376 e. The molecule has 1 aliphatic carbocycles. The third-order valence-corrected chi connectivity index (χ3v) is 7.99. The van der Waals surface area contributed by atoms with Crippen LogP contribution in [0.3, 0.4) is 0 Å². The predicted molar refractivity (Wildman–Crippen MR) is 118 cm³/mol. The van der Waals surface area contributed by atoms with Gasteiger partial charge in [0.15, 0.2) is 0 Å². The zero-order valence-corrected chi connectivity index (χ0v) is 18.5. The summed E-state index contributed by atoms with van der Waals surface area (Å²) in [6.07, 6.45) is 8.86. The number of thiophene rings is 1. The van der Waals surface area contributed by atoms with E-state index in [-0.39, 0.29) is 24.0 Å². The topological polar surface area (TPSA) is 63.6 Å². The van der Waals surface area contributed by atoms with Crippen LogP contribution in [0.2, 0.25) is 0 Å². The van der Waals surface area contributed by atoms with Crippen LogP contribution < -0.4 is 5.32 Å². The Morgan fingerprint density at radius 1 is 1.23 bits per heavy atom. The number of ether oxygens (including phenoxy) is 1. The molecule has 0 spiro atoms. The molecule has 162 valence electrons. The molecule has 7 heteroatoms. The number of carbonyl (C=O) groups is 2. The van der Waals surface area contributed by atoms with Gasteiger partial charge in [0.05, 0.1) is 22.9 Å². The van der Waals surface area contributed by atoms with Gasteiger partial charge in [-0.3, -0.25) is 9.59 Å². The maximum absolute atomic E-state index is 13.7. The Morgan fingerprint density at radius 2 is 2.03 bits per heavy atom. The minimum Gasteiger partial charge on any atom is -0.376 e. The summed E-state index contributed by atoms with van der Waals surface area (Å²) in [4.78, 5) is 29.1. The van der Waals surface area contributed by atoms with Crippen LogP contribution in [0.15, 0.2) is 17.5 Å². The number of carbonyl (C=O) groups excluding carboxylic acids is 2. The Bertz CT molecular complexity index is 937. The second-order valence-corrected chi connectivity index (χ2v) is 10.2. The smallest absolute Gasteiger partial charge is 0.271 e. The monoisotopic (exact) mass is 429 g/mol. The quantitative estimate of drug-likeness (QED) is 0.749. The van der Waals surface area contributed by atoms with Gasteiger partial charge in [0, 0.05) is 19.2 Å². The lowest BCUT2D eigenvalue weighted by Gasteiger charge is -2.45. The van der Waals surface area contributed by atoms with E-state index in [9.17, 15) is 9.59 Å². The highest BCUT2D eigenvalue weighted by Crippen LogP contribution is 2.35. The summed E-state index contributed by atoms with van der Waals surface area (Å²) >= 11 is 1.64. The average Bonchev–Trinajstić information content (AvgIpc) is 3.42. The maximum Gasteiger partial charge on any atom is 0.271 e. The van der Waals surface area contributed by atoms with E-state index in [0.29, 0.717) is 18.8 Å². The number of hydrogen-bond acceptors (Lipinski definition) is 4. The lowest BCUT2D eigenvalue weighted by atomic mass is 9.93. The molecule has 0 bridgehead atoms. The lowest BCUT2D eigenvalue weighted by Crippen LogP contribution is -2.66. The Morgan fingerprint density at radius 3 is 2.77 bits per heavy atom. The third kappa shape index (κ3) is 3.46. The summed E-state index contributed by atoms with van der Waals surface area (Å²) in [5.74, 6) is -0.0813. The molecule has 1 saturated carbocycles. The molecule has 0 radical (unpaired) electrons. The summed E-state index contributed by atoms with van der Waals surface area (Å²) in [5.41, 5.74) is 0.819. The molecule has 2 amide bonds. The van der Waals surface area contributed by atoms with Crippen LogP contribution in [0.4, 0.5) is 0 Å². The van der Waals surface area contributed by atoms with Crippen LogP contribution in [0.25, 0.3) is 10.2 Å². The maximum atomic E-state index is 13.7. The zero-order valence-electron chi connectivity index (χ0n) is 17.7. The molecule has 6 nitrogen and oxygen atoms in total. The predicted octanol–water partition coefficient (Wildman–Crippen LogP) is 3.94. The third-order valence-electron chi connectivity index (χ3n) is 7.14. The van der Waals surface area contributed by atoms with Gasteiger partial charge in [0.25, 0.3) is 5.91 Å². The van der Waals surface area contributed by atoms with Gasteiger partial charge in [-0.1, -0.05) is 25.7 Å². The van der Waals surface area contributed by atoms with Crippen molar-refractivity contribution in [1.82, 2.24) is 14.8 Å². The normalized spacial score (nSPS) is 28.0. The van der Waals surface area contributed by atoms with Crippen molar-refractivity contribution in [2.45, 2.75) is 82.5 Å². The van der Waals surface area contributed by atoms with Gasteiger partial charge in [-0.25, -0.2) is 0 Å². The van der Waals surface area contributed by atoms with Crippen molar-refractivity contribution in [1.29, 1.82) is 0 Å². The second-order valence-electron chi connectivity index (χ2n) is 9.27. The van der Waals surface area contributed by atoms with Gasteiger partial charge in [0.1, 0.15) is 11.2 Å². The molecule has 2 fully saturated rings. The first kappa shape index (κ1) is 20.1. The molecular weight excluding hydrogens is 398 g/mol. The molecule has 5 rings (SSSR count). The molecule has 4 heterocycles. The molecule has 2 aromatic heterocycles. The molecule has 2 aliphatic heterocycles. The van der Waals surface area contributed by atoms with Crippen molar-refractivity contribution < 1.29 is 14.3 Å². The van der Waals surface area contributed by atoms with Crippen molar-refractivity contribution in [3.8, 4) is 0 Å². The molecular formula is C23H31N3O3S. The first-order valence-corrected chi connectivity index (χ1v) is 12.3. The number of nitrogens with zero attached hydrogens (tertiary/aromatic N) is 2. The van der Waals surface area contributed by atoms with E-state index in [1.165, 1.54) is 12.8 Å². The van der Waals surface area contributed by atoms with Crippen LogP contribution in [-0.2, 0) is 16.1 Å². The fourth-order valence-corrected chi connectivity index (χ4v) is 6.14. The number of nitrogens with one attached hydrogen (secondary N) is 1. The van der Waals surface area contributed by atoms with Gasteiger partial charge in [-0.2, -0.15) is 0 Å². The summed E-state index contributed by atoms with van der Waals surface area (Å²) in [7, 11) is 0. The highest BCUT2D eigenvalue weighted by molar-refractivity contribution is 7.17. The van der Waals surface area contributed by atoms with Crippen LogP contribution in [0.5, 0.6) is 0 Å². The summed E-state index contributed by atoms with van der Waals surface area (Å²) in [5, 5.41) is 5.37. The second kappa shape index (κ2) is 8.00. The van der Waals surface area contributed by atoms with E-state index in [1.54, 1.807) is 16.2 Å². The van der Waals surface area contributed by atoms with E-state index >= 15 is 0 Å². The number of aromatic nitrogens is 1. The number of fused-ring (bicyclic) bond motifs is 3. The molecule has 2 atom stereocenters. The molecule has 2 aromatic rings. The van der Waals surface area contributed by atoms with Crippen LogP contribution in [0.1, 0.15) is 68.8 Å². The van der Waals surface area contributed by atoms with E-state index in [2.05, 4.69) is 11.4 Å². The van der Waals surface area contributed by atoms with Gasteiger partial charge in [-0.15, -0.1) is 11.3 Å². The van der Waals surface area contributed by atoms with Crippen LogP contribution in [-0.4, -0.2) is 52.1 Å². The Kier molecular flexibility index (Phi) is 5.35. The van der Waals surface area contributed by atoms with E-state index in [4.69, 9.17) is 4.74 Å². The fraction of sp³-hybridized carbons (Fsp3) is 0.652. The highest BCUT2D eigenvalue weighted by atomic mass is 32.1. The van der Waals surface area contributed by atoms with Gasteiger partial charge >= 0.3 is 0 Å². The minimum atomic E-state index is -0.920. The van der Waals surface area contributed by atoms with Crippen LogP contribution >= 0.6 is 11.3 Å². The summed E-state index contributed by atoms with van der Waals surface area (Å²) in [6, 6.07) is 4.24. The van der Waals surface area contributed by atoms with E-state index < -0.39 is 5.54 Å². The Labute approximate surface area is 181 Å². The molecule has 1 N–H and O–H groups in total. The lowest BCUT2D eigenvalue weighted by molar-refractivity contribution is -0.134. The first-order chi connectivity index (χ1) is 14.6. The van der Waals surface area contributed by atoms with Gasteiger partial charge in [-0.05, 0) is 50.1 Å². The van der Waals surface area contributed by atoms with E-state index in [1.807, 2.05) is 22.9 Å². The first-order valence-electron chi connectivity index (χ1n) is 11.4. The minimum absolute atomic E-state index is 0.0154. The van der Waals surface area contributed by atoms with Gasteiger partial charge < -0.3 is 19.5 Å². The molecule has 2 unspecified atom stereocenters. The Balaban J connectivity index is 1.47. The number of amides is 2. The average molecular weight is 430 g/mol. The van der Waals surface area contributed by atoms with Crippen molar-refractivity contribution in [3.63, 3.8) is 0 Å². The summed E-state index contributed by atoms with van der Waals surface area (Å²) in [6.45, 7) is 3.64. The van der Waals surface area contributed by atoms with Crippen molar-refractivity contribution in [2.24, 2.45) is 0 Å². The highest BCUT2D eigenvalue weighted by Gasteiger charge is 2.49. The standard InChI is InChI=1S/C23H31N3O3S/c1-23(22(28)24-16-7-4-2-3-5-8-16)15-25-18-10-12-30-20(18)13-19(25)21(27)26(23)14-17-9-6-11-29-17/h10,12-13,16-17H,2-9,11,14-15H2,1H3,(H,24,28). The molecule has 1 saturated heterocycles. The summed E-state index contributed by atoms with van der Waals surface area (Å²) < 4.78 is 8.99. The molecule has 3 aliphatic rings. The Hall–Kier alpha value is -1.86. The van der Waals surface area contributed by atoms with Crippen molar-refractivity contribution >= 4 is 33.4 Å². The molecule has 30 heavy (non-hydrogen) atoms. The number of hydrogen-bond donors (Lipinski definition) is 1. The van der Waals surface area contributed by atoms with Gasteiger partial charge in [0.2, 0.25) is 5.91 Å². The van der Waals surface area contributed by atoms with Crippen molar-refractivity contribution in [3.05, 3.63) is 23.2 Å². The van der Waals surface area contributed by atoms with Crippen molar-refractivity contribution in [2.75, 3.05) is 13.2 Å². The zero-order chi connectivity index (χ0) is 20.7. The fourth-order valence-electron chi connectivity index (χ4n) is 5.32. The van der Waals surface area contributed by atoms with Crippen LogP contribution in [0, 0.1) is 0 Å². The van der Waals surface area contributed by atoms with E-state index in [0.717, 1.165) is 55.3 Å².